The van der Waals surface area contributed by atoms with Crippen LogP contribution in [-0.4, -0.2) is 16.8 Å². The van der Waals surface area contributed by atoms with E-state index in [1.165, 1.54) is 16.7 Å². The van der Waals surface area contributed by atoms with Crippen molar-refractivity contribution >= 4 is 69.2 Å². The van der Waals surface area contributed by atoms with Crippen molar-refractivity contribution in [3.05, 3.63) is 63.0 Å². The molecule has 0 saturated carbocycles. The van der Waals surface area contributed by atoms with Crippen molar-refractivity contribution in [2.45, 2.75) is 6.92 Å². The quantitative estimate of drug-likeness (QED) is 0.471. The fourth-order valence-electron chi connectivity index (χ4n) is 2.32. The smallest absolute Gasteiger partial charge is 0.270 e. The first kappa shape index (κ1) is 18.3. The Morgan fingerprint density at radius 1 is 1.20 bits per heavy atom. The van der Waals surface area contributed by atoms with E-state index in [1.807, 2.05) is 31.2 Å². The zero-order chi connectivity index (χ0) is 18.0. The third-order valence-corrected chi connectivity index (χ3v) is 5.27. The fraction of sp³-hybridized carbons (Fsp3) is 0.111. The Bertz CT molecular complexity index is 866. The molecular weight excluding hydrogens is 397 g/mol. The van der Waals surface area contributed by atoms with Crippen molar-refractivity contribution in [2.75, 3.05) is 11.5 Å². The number of rotatable bonds is 4. The molecule has 1 aliphatic heterocycles. The Labute approximate surface area is 165 Å². The lowest BCUT2D eigenvalue weighted by Crippen LogP contribution is -2.27. The summed E-state index contributed by atoms with van der Waals surface area (Å²) in [5.41, 5.74) is 1.43. The van der Waals surface area contributed by atoms with Crippen LogP contribution in [0.1, 0.15) is 12.5 Å². The van der Waals surface area contributed by atoms with E-state index in [0.717, 1.165) is 11.3 Å². The number of amides is 1. The number of hydrogen-bond donors (Lipinski definition) is 0. The van der Waals surface area contributed by atoms with E-state index in [0.29, 0.717) is 31.6 Å². The van der Waals surface area contributed by atoms with E-state index in [2.05, 4.69) is 0 Å². The summed E-state index contributed by atoms with van der Waals surface area (Å²) in [6.07, 6.45) is 1.80. The van der Waals surface area contributed by atoms with Gasteiger partial charge in [0.2, 0.25) is 0 Å². The molecule has 1 saturated heterocycles. The Morgan fingerprint density at radius 3 is 2.56 bits per heavy atom. The van der Waals surface area contributed by atoms with Gasteiger partial charge in [-0.1, -0.05) is 59.3 Å². The van der Waals surface area contributed by atoms with Crippen LogP contribution in [0.15, 0.2) is 47.4 Å². The molecule has 0 radical (unpaired) electrons. The summed E-state index contributed by atoms with van der Waals surface area (Å²) in [5.74, 6) is 0.591. The molecule has 1 heterocycles. The van der Waals surface area contributed by atoms with Gasteiger partial charge >= 0.3 is 0 Å². The summed E-state index contributed by atoms with van der Waals surface area (Å²) in [7, 11) is 0. The number of benzene rings is 2. The van der Waals surface area contributed by atoms with Crippen LogP contribution in [0, 0.1) is 0 Å². The lowest BCUT2D eigenvalue weighted by atomic mass is 10.2. The zero-order valence-electron chi connectivity index (χ0n) is 13.2. The summed E-state index contributed by atoms with van der Waals surface area (Å²) < 4.78 is 5.86. The Balaban J connectivity index is 1.87. The first-order valence-corrected chi connectivity index (χ1v) is 9.43. The number of thiocarbonyl (C=S) groups is 1. The number of carbonyl (C=O) groups excluding carboxylic acids is 1. The number of nitrogens with zero attached hydrogens (tertiary/aromatic N) is 1. The highest BCUT2D eigenvalue weighted by Gasteiger charge is 2.34. The second-order valence-corrected chi connectivity index (χ2v) is 7.63. The maximum atomic E-state index is 12.8. The molecule has 3 rings (SSSR count). The molecule has 25 heavy (non-hydrogen) atoms. The summed E-state index contributed by atoms with van der Waals surface area (Å²) in [6, 6.07) is 12.5. The second kappa shape index (κ2) is 7.79. The number of ether oxygens (including phenoxy) is 1. The van der Waals surface area contributed by atoms with Gasteiger partial charge in [-0.25, -0.2) is 0 Å². The Morgan fingerprint density at radius 2 is 1.92 bits per heavy atom. The summed E-state index contributed by atoms with van der Waals surface area (Å²) in [5, 5.41) is 0.884. The van der Waals surface area contributed by atoms with Crippen molar-refractivity contribution in [3.63, 3.8) is 0 Å². The van der Waals surface area contributed by atoms with Crippen LogP contribution in [0.2, 0.25) is 10.0 Å². The third-order valence-electron chi connectivity index (χ3n) is 3.43. The molecule has 1 aliphatic rings. The molecule has 0 unspecified atom stereocenters. The van der Waals surface area contributed by atoms with Gasteiger partial charge < -0.3 is 4.74 Å². The summed E-state index contributed by atoms with van der Waals surface area (Å²) in [4.78, 5) is 14.7. The highest BCUT2D eigenvalue weighted by atomic mass is 35.5. The summed E-state index contributed by atoms with van der Waals surface area (Å²) >= 11 is 18.7. The first-order chi connectivity index (χ1) is 12.0. The fourth-order valence-corrected chi connectivity index (χ4v) is 4.09. The number of halogens is 2. The zero-order valence-corrected chi connectivity index (χ0v) is 16.3. The molecule has 2 aromatic rings. The molecule has 0 bridgehead atoms. The first-order valence-electron chi connectivity index (χ1n) is 7.45. The molecule has 3 nitrogen and oxygen atoms in total. The van der Waals surface area contributed by atoms with Crippen LogP contribution in [0.3, 0.4) is 0 Å². The molecule has 7 heteroatoms. The van der Waals surface area contributed by atoms with E-state index in [1.54, 1.807) is 24.3 Å². The van der Waals surface area contributed by atoms with Gasteiger partial charge in [0.1, 0.15) is 5.75 Å². The van der Waals surface area contributed by atoms with E-state index < -0.39 is 0 Å². The average Bonchev–Trinajstić information content (AvgIpc) is 2.84. The standard InChI is InChI=1S/C18H13Cl2NO2S2/c1-2-23-13-6-3-11(4-7-13)9-16-17(22)21(18(24)25-16)15-8-5-12(19)10-14(15)20/h3-10H,2H2,1H3/b16-9-. The average molecular weight is 410 g/mol. The maximum absolute atomic E-state index is 12.8. The Hall–Kier alpha value is -1.53. The van der Waals surface area contributed by atoms with Crippen LogP contribution in [0.4, 0.5) is 5.69 Å². The lowest BCUT2D eigenvalue weighted by Gasteiger charge is -2.16. The molecule has 0 aliphatic carbocycles. The highest BCUT2D eigenvalue weighted by Crippen LogP contribution is 2.39. The largest absolute Gasteiger partial charge is 0.494 e. The minimum atomic E-state index is -0.201. The SMILES string of the molecule is CCOc1ccc(/C=C2\SC(=S)N(c3ccc(Cl)cc3Cl)C2=O)cc1. The van der Waals surface area contributed by atoms with Gasteiger partial charge in [-0.2, -0.15) is 0 Å². The molecular formula is C18H13Cl2NO2S2. The molecule has 1 amide bonds. The highest BCUT2D eigenvalue weighted by molar-refractivity contribution is 8.27. The predicted molar refractivity (Wildman–Crippen MR) is 110 cm³/mol. The third kappa shape index (κ3) is 4.01. The van der Waals surface area contributed by atoms with Crippen molar-refractivity contribution in [3.8, 4) is 5.75 Å². The van der Waals surface area contributed by atoms with Crippen molar-refractivity contribution in [1.29, 1.82) is 0 Å². The van der Waals surface area contributed by atoms with Crippen molar-refractivity contribution in [2.24, 2.45) is 0 Å². The predicted octanol–water partition coefficient (Wildman–Crippen LogP) is 5.80. The van der Waals surface area contributed by atoms with E-state index >= 15 is 0 Å². The van der Waals surface area contributed by atoms with Crippen molar-refractivity contribution < 1.29 is 9.53 Å². The van der Waals surface area contributed by atoms with Gasteiger partial charge in [0.05, 0.1) is 22.2 Å². The van der Waals surface area contributed by atoms with E-state index in [9.17, 15) is 4.79 Å². The minimum Gasteiger partial charge on any atom is -0.494 e. The van der Waals surface area contributed by atoms with Gasteiger partial charge in [-0.3, -0.25) is 9.69 Å². The topological polar surface area (TPSA) is 29.5 Å². The van der Waals surface area contributed by atoms with E-state index in [-0.39, 0.29) is 5.91 Å². The molecule has 0 spiro atoms. The number of thioether (sulfide) groups is 1. The molecule has 0 aromatic heterocycles. The van der Waals surface area contributed by atoms with Gasteiger partial charge in [0, 0.05) is 5.02 Å². The molecule has 0 atom stereocenters. The van der Waals surface area contributed by atoms with Crippen LogP contribution < -0.4 is 9.64 Å². The normalized spacial score (nSPS) is 16.0. The lowest BCUT2D eigenvalue weighted by molar-refractivity contribution is -0.113. The van der Waals surface area contributed by atoms with Gasteiger partial charge in [-0.15, -0.1) is 0 Å². The van der Waals surface area contributed by atoms with Gasteiger partial charge in [0.15, 0.2) is 4.32 Å². The molecule has 1 fully saturated rings. The van der Waals surface area contributed by atoms with Crippen LogP contribution in [-0.2, 0) is 4.79 Å². The monoisotopic (exact) mass is 409 g/mol. The second-order valence-electron chi connectivity index (χ2n) is 5.11. The van der Waals surface area contributed by atoms with Crippen molar-refractivity contribution in [1.82, 2.24) is 0 Å². The minimum absolute atomic E-state index is 0.201. The molecule has 2 aromatic carbocycles. The Kier molecular flexibility index (Phi) is 5.69. The molecule has 0 N–H and O–H groups in total. The van der Waals surface area contributed by atoms with Crippen LogP contribution in [0.25, 0.3) is 6.08 Å². The van der Waals surface area contributed by atoms with E-state index in [4.69, 9.17) is 40.2 Å². The van der Waals surface area contributed by atoms with Crippen LogP contribution >= 0.6 is 47.2 Å². The van der Waals surface area contributed by atoms with Gasteiger partial charge in [0.25, 0.3) is 5.91 Å². The summed E-state index contributed by atoms with van der Waals surface area (Å²) in [6.45, 7) is 2.54. The van der Waals surface area contributed by atoms with Gasteiger partial charge in [-0.05, 0) is 48.9 Å². The number of carbonyl (C=O) groups is 1. The number of anilines is 1. The number of hydrogen-bond acceptors (Lipinski definition) is 4. The molecule has 128 valence electrons. The maximum Gasteiger partial charge on any atom is 0.270 e. The van der Waals surface area contributed by atoms with Crippen LogP contribution in [0.5, 0.6) is 5.75 Å².